The third-order valence-electron chi connectivity index (χ3n) is 7.02. The van der Waals surface area contributed by atoms with Crippen molar-refractivity contribution in [2.45, 2.75) is 52.2 Å². The average molecular weight is 506 g/mol. The number of piperidine rings is 1. The Labute approximate surface area is 209 Å². The molecule has 9 heteroatoms. The maximum Gasteiger partial charge on any atom is 0.229 e. The van der Waals surface area contributed by atoms with Gasteiger partial charge in [0.15, 0.2) is 0 Å². The van der Waals surface area contributed by atoms with E-state index in [1.165, 1.54) is 35.7 Å². The van der Waals surface area contributed by atoms with Crippen LogP contribution in [0.25, 0.3) is 0 Å². The predicted molar refractivity (Wildman–Crippen MR) is 140 cm³/mol. The predicted octanol–water partition coefficient (Wildman–Crippen LogP) is 3.90. The molecule has 2 fully saturated rings. The number of hydrogen-bond donors (Lipinski definition) is 1. The van der Waals surface area contributed by atoms with Gasteiger partial charge in [-0.05, 0) is 63.9 Å². The summed E-state index contributed by atoms with van der Waals surface area (Å²) in [5.74, 6) is 0.718. The number of hydrogen-bond acceptors (Lipinski definition) is 6. The van der Waals surface area contributed by atoms with Gasteiger partial charge in [0.05, 0.1) is 23.2 Å². The smallest absolute Gasteiger partial charge is 0.229 e. The van der Waals surface area contributed by atoms with E-state index in [0.29, 0.717) is 22.8 Å². The number of likely N-dealkylation sites (tertiary alicyclic amines) is 1. The lowest BCUT2D eigenvalue weighted by Gasteiger charge is -2.47. The van der Waals surface area contributed by atoms with Crippen LogP contribution < -0.4 is 9.62 Å². The van der Waals surface area contributed by atoms with Gasteiger partial charge < -0.3 is 4.90 Å². The van der Waals surface area contributed by atoms with Gasteiger partial charge in [0.25, 0.3) is 0 Å². The molecule has 0 aliphatic carbocycles. The number of aromatic nitrogens is 1. The maximum absolute atomic E-state index is 11.5. The zero-order valence-corrected chi connectivity index (χ0v) is 22.2. The van der Waals surface area contributed by atoms with Crippen LogP contribution in [0.2, 0.25) is 5.02 Å². The Kier molecular flexibility index (Phi) is 7.72. The van der Waals surface area contributed by atoms with Gasteiger partial charge in [-0.1, -0.05) is 35.4 Å². The van der Waals surface area contributed by atoms with Crippen LogP contribution in [0.4, 0.5) is 11.5 Å². The molecule has 1 atom stereocenters. The van der Waals surface area contributed by atoms with Gasteiger partial charge in [0.2, 0.25) is 10.0 Å². The Bertz CT molecular complexity index is 1120. The lowest BCUT2D eigenvalue weighted by atomic mass is 9.98. The number of piperazine rings is 1. The van der Waals surface area contributed by atoms with Gasteiger partial charge in [-0.25, -0.2) is 13.4 Å². The number of nitrogens with one attached hydrogen (secondary N) is 1. The molecule has 1 aromatic heterocycles. The van der Waals surface area contributed by atoms with Crippen molar-refractivity contribution < 1.29 is 8.42 Å². The molecule has 2 aliphatic rings. The minimum atomic E-state index is -3.36. The van der Waals surface area contributed by atoms with Crippen LogP contribution in [0.3, 0.4) is 0 Å². The minimum absolute atomic E-state index is 0.385. The standard InChI is InChI=1S/C25H36ClN5O2S/c1-18-5-6-21(19(2)13-18)17-29-9-7-23(8-10-29)31-12-11-30(16-20(31)3)25-24(26)14-22(15-27-25)28-34(4,32)33/h5-6,13-15,20,23,28H,7-12,16-17H2,1-4H3/t20-/m0/s1. The van der Waals surface area contributed by atoms with E-state index in [4.69, 9.17) is 11.6 Å². The van der Waals surface area contributed by atoms with Crippen molar-refractivity contribution in [3.8, 4) is 0 Å². The fourth-order valence-corrected chi connectivity index (χ4v) is 6.14. The van der Waals surface area contributed by atoms with Crippen LogP contribution in [-0.2, 0) is 16.6 Å². The minimum Gasteiger partial charge on any atom is -0.353 e. The Morgan fingerprint density at radius 2 is 1.85 bits per heavy atom. The molecule has 0 saturated carbocycles. The van der Waals surface area contributed by atoms with Gasteiger partial charge in [-0.2, -0.15) is 0 Å². The number of benzene rings is 1. The lowest BCUT2D eigenvalue weighted by molar-refractivity contribution is 0.0690. The molecule has 0 radical (unpaired) electrons. The fourth-order valence-electron chi connectivity index (χ4n) is 5.31. The van der Waals surface area contributed by atoms with Crippen molar-refractivity contribution in [2.75, 3.05) is 48.6 Å². The van der Waals surface area contributed by atoms with E-state index >= 15 is 0 Å². The molecule has 0 spiro atoms. The molecular weight excluding hydrogens is 470 g/mol. The number of pyridine rings is 1. The van der Waals surface area contributed by atoms with Crippen molar-refractivity contribution in [3.05, 3.63) is 52.2 Å². The Balaban J connectivity index is 1.31. The molecular formula is C25H36ClN5O2S. The van der Waals surface area contributed by atoms with Crippen molar-refractivity contribution in [1.82, 2.24) is 14.8 Å². The second-order valence-corrected chi connectivity index (χ2v) is 12.0. The first-order chi connectivity index (χ1) is 16.1. The van der Waals surface area contributed by atoms with E-state index in [9.17, 15) is 8.42 Å². The SMILES string of the molecule is Cc1ccc(CN2CCC(N3CCN(c4ncc(NS(C)(=O)=O)cc4Cl)C[C@@H]3C)CC2)c(C)c1. The van der Waals surface area contributed by atoms with Crippen molar-refractivity contribution in [3.63, 3.8) is 0 Å². The zero-order valence-electron chi connectivity index (χ0n) is 20.6. The molecule has 34 heavy (non-hydrogen) atoms. The van der Waals surface area contributed by atoms with Crippen molar-refractivity contribution in [1.29, 1.82) is 0 Å². The van der Waals surface area contributed by atoms with Crippen molar-refractivity contribution in [2.24, 2.45) is 0 Å². The first kappa shape index (κ1) is 25.2. The van der Waals surface area contributed by atoms with E-state index in [2.05, 4.69) is 63.4 Å². The Morgan fingerprint density at radius 1 is 1.12 bits per heavy atom. The summed E-state index contributed by atoms with van der Waals surface area (Å²) in [5.41, 5.74) is 4.54. The lowest BCUT2D eigenvalue weighted by Crippen LogP contribution is -2.57. The molecule has 2 aromatic rings. The van der Waals surface area contributed by atoms with E-state index in [-0.39, 0.29) is 0 Å². The van der Waals surface area contributed by atoms with Gasteiger partial charge in [-0.3, -0.25) is 14.5 Å². The van der Waals surface area contributed by atoms with Crippen LogP contribution in [0, 0.1) is 13.8 Å². The van der Waals surface area contributed by atoms with Crippen LogP contribution in [0.1, 0.15) is 36.5 Å². The summed E-state index contributed by atoms with van der Waals surface area (Å²) in [6.07, 6.45) is 5.04. The summed E-state index contributed by atoms with van der Waals surface area (Å²) in [7, 11) is -3.36. The molecule has 1 N–H and O–H groups in total. The number of sulfonamides is 1. The summed E-state index contributed by atoms with van der Waals surface area (Å²) in [5, 5.41) is 0.467. The van der Waals surface area contributed by atoms with Crippen molar-refractivity contribution >= 4 is 33.1 Å². The molecule has 1 aromatic carbocycles. The highest BCUT2D eigenvalue weighted by Crippen LogP contribution is 2.30. The molecule has 0 bridgehead atoms. The van der Waals surface area contributed by atoms with E-state index in [0.717, 1.165) is 51.3 Å². The number of aryl methyl sites for hydroxylation is 2. The highest BCUT2D eigenvalue weighted by atomic mass is 35.5. The Morgan fingerprint density at radius 3 is 2.47 bits per heavy atom. The van der Waals surface area contributed by atoms with E-state index in [1.807, 2.05) is 0 Å². The normalized spacial score (nSPS) is 21.1. The molecule has 2 aliphatic heterocycles. The maximum atomic E-state index is 11.5. The quantitative estimate of drug-likeness (QED) is 0.642. The summed E-state index contributed by atoms with van der Waals surface area (Å²) in [6.45, 7) is 12.6. The molecule has 186 valence electrons. The largest absolute Gasteiger partial charge is 0.353 e. The van der Waals surface area contributed by atoms with Crippen LogP contribution in [-0.4, -0.2) is 74.3 Å². The summed E-state index contributed by atoms with van der Waals surface area (Å²) < 4.78 is 25.4. The molecule has 0 amide bonds. The summed E-state index contributed by atoms with van der Waals surface area (Å²) >= 11 is 6.47. The first-order valence-corrected chi connectivity index (χ1v) is 14.3. The first-order valence-electron chi connectivity index (χ1n) is 12.0. The van der Waals surface area contributed by atoms with Crippen LogP contribution in [0.15, 0.2) is 30.5 Å². The monoisotopic (exact) mass is 505 g/mol. The second-order valence-electron chi connectivity index (χ2n) is 9.87. The van der Waals surface area contributed by atoms with Crippen LogP contribution in [0.5, 0.6) is 0 Å². The molecule has 4 rings (SSSR count). The summed E-state index contributed by atoms with van der Waals surface area (Å²) in [4.78, 5) is 11.9. The molecule has 7 nitrogen and oxygen atoms in total. The van der Waals surface area contributed by atoms with Gasteiger partial charge in [-0.15, -0.1) is 0 Å². The zero-order chi connectivity index (χ0) is 24.5. The van der Waals surface area contributed by atoms with Crippen LogP contribution >= 0.6 is 11.6 Å². The number of halogens is 1. The second kappa shape index (κ2) is 10.4. The summed E-state index contributed by atoms with van der Waals surface area (Å²) in [6, 6.07) is 9.41. The van der Waals surface area contributed by atoms with E-state index < -0.39 is 10.0 Å². The highest BCUT2D eigenvalue weighted by Gasteiger charge is 2.32. The van der Waals surface area contributed by atoms with Gasteiger partial charge in [0.1, 0.15) is 5.82 Å². The third-order valence-corrected chi connectivity index (χ3v) is 7.91. The molecule has 0 unspecified atom stereocenters. The topological polar surface area (TPSA) is 68.8 Å². The molecule has 3 heterocycles. The van der Waals surface area contributed by atoms with E-state index in [1.54, 1.807) is 6.07 Å². The number of rotatable bonds is 6. The average Bonchev–Trinajstić information content (AvgIpc) is 2.75. The Hall–Kier alpha value is -1.87. The third kappa shape index (κ3) is 6.22. The number of nitrogens with zero attached hydrogens (tertiary/aromatic N) is 4. The van der Waals surface area contributed by atoms with Gasteiger partial charge in [0, 0.05) is 38.3 Å². The number of anilines is 2. The highest BCUT2D eigenvalue weighted by molar-refractivity contribution is 7.92. The molecule has 2 saturated heterocycles. The fraction of sp³-hybridized carbons (Fsp3) is 0.560. The van der Waals surface area contributed by atoms with Gasteiger partial charge >= 0.3 is 0 Å².